The molecular formula is C20H15F6N7O2. The summed E-state index contributed by atoms with van der Waals surface area (Å²) in [6, 6.07) is 0.953. The fraction of sp³-hybridized carbons (Fsp3) is 0.400. The van der Waals surface area contributed by atoms with E-state index in [1.807, 2.05) is 0 Å². The van der Waals surface area contributed by atoms with Gasteiger partial charge in [-0.1, -0.05) is 6.92 Å². The lowest BCUT2D eigenvalue weighted by atomic mass is 9.71. The normalized spacial score (nSPS) is 21.8. The molecule has 0 unspecified atom stereocenters. The summed E-state index contributed by atoms with van der Waals surface area (Å²) >= 11 is 0. The summed E-state index contributed by atoms with van der Waals surface area (Å²) in [5.41, 5.74) is -1.26. The Bertz CT molecular complexity index is 1420. The van der Waals surface area contributed by atoms with Gasteiger partial charge in [-0.15, -0.1) is 0 Å². The first-order valence-electron chi connectivity index (χ1n) is 10.3. The van der Waals surface area contributed by atoms with Crippen LogP contribution in [-0.4, -0.2) is 48.6 Å². The van der Waals surface area contributed by atoms with E-state index in [4.69, 9.17) is 0 Å². The third-order valence-corrected chi connectivity index (χ3v) is 6.45. The van der Waals surface area contributed by atoms with Crippen molar-refractivity contribution in [2.45, 2.75) is 44.3 Å². The number of hydrogen-bond donors (Lipinski definition) is 2. The van der Waals surface area contributed by atoms with Crippen molar-refractivity contribution in [3.05, 3.63) is 23.6 Å². The first kappa shape index (κ1) is 23.0. The molecule has 0 saturated heterocycles. The lowest BCUT2D eigenvalue weighted by molar-refractivity contribution is -0.285. The molecule has 0 aliphatic carbocycles. The third-order valence-electron chi connectivity index (χ3n) is 6.45. The van der Waals surface area contributed by atoms with Crippen molar-refractivity contribution >= 4 is 34.5 Å². The maximum Gasteiger partial charge on any atom is 0.453 e. The topological polar surface area (TPSA) is 115 Å². The van der Waals surface area contributed by atoms with Crippen LogP contribution >= 0.6 is 0 Å². The monoisotopic (exact) mass is 499 g/mol. The molecule has 5 heterocycles. The van der Waals surface area contributed by atoms with Gasteiger partial charge in [0.2, 0.25) is 11.8 Å². The average Bonchev–Trinajstić information content (AvgIpc) is 3.25. The SMILES string of the molecule is C[C@@H]1C(=O)Nc2nc(-c3nn(CCC(F)(F)C(F)(F)F)c4ncc(F)cc34)nc3c2[C@]1(C)C(=O)N3. The molecule has 184 valence electrons. The van der Waals surface area contributed by atoms with Gasteiger partial charge in [-0.3, -0.25) is 9.59 Å². The Morgan fingerprint density at radius 1 is 1.11 bits per heavy atom. The van der Waals surface area contributed by atoms with Crippen LogP contribution in [0.5, 0.6) is 0 Å². The van der Waals surface area contributed by atoms with Gasteiger partial charge < -0.3 is 10.6 Å². The van der Waals surface area contributed by atoms with E-state index in [1.165, 1.54) is 0 Å². The third kappa shape index (κ3) is 3.24. The largest absolute Gasteiger partial charge is 0.453 e. The van der Waals surface area contributed by atoms with Crippen molar-refractivity contribution in [1.29, 1.82) is 0 Å². The zero-order valence-electron chi connectivity index (χ0n) is 18.0. The Hall–Kier alpha value is -3.78. The minimum Gasteiger partial charge on any atom is -0.310 e. The Balaban J connectivity index is 1.64. The Kier molecular flexibility index (Phi) is 4.67. The number of fused-ring (bicyclic) bond motifs is 1. The summed E-state index contributed by atoms with van der Waals surface area (Å²) in [4.78, 5) is 37.5. The minimum absolute atomic E-state index is 0.00427. The van der Waals surface area contributed by atoms with Gasteiger partial charge >= 0.3 is 12.1 Å². The van der Waals surface area contributed by atoms with E-state index in [0.717, 1.165) is 16.9 Å². The van der Waals surface area contributed by atoms with Gasteiger partial charge in [-0.2, -0.15) is 27.1 Å². The number of alkyl halides is 5. The summed E-state index contributed by atoms with van der Waals surface area (Å²) in [6.07, 6.45) is -6.64. The van der Waals surface area contributed by atoms with Gasteiger partial charge in [0.05, 0.1) is 28.5 Å². The highest BCUT2D eigenvalue weighted by Crippen LogP contribution is 2.49. The fourth-order valence-electron chi connectivity index (χ4n) is 4.23. The molecule has 15 heteroatoms. The number of nitrogens with one attached hydrogen (secondary N) is 2. The van der Waals surface area contributed by atoms with Crippen molar-refractivity contribution < 1.29 is 35.9 Å². The van der Waals surface area contributed by atoms with E-state index in [2.05, 4.69) is 30.7 Å². The van der Waals surface area contributed by atoms with Crippen LogP contribution in [0.2, 0.25) is 0 Å². The number of carbonyl (C=O) groups excluding carboxylic acids is 2. The van der Waals surface area contributed by atoms with Crippen LogP contribution in [-0.2, 0) is 21.5 Å². The number of nitrogens with zero attached hydrogens (tertiary/aromatic N) is 5. The quantitative estimate of drug-likeness (QED) is 0.532. The summed E-state index contributed by atoms with van der Waals surface area (Å²) < 4.78 is 79.6. The smallest absolute Gasteiger partial charge is 0.310 e. The van der Waals surface area contributed by atoms with Crippen LogP contribution < -0.4 is 10.6 Å². The molecule has 0 bridgehead atoms. The molecule has 0 spiro atoms. The second kappa shape index (κ2) is 7.11. The zero-order valence-corrected chi connectivity index (χ0v) is 18.0. The van der Waals surface area contributed by atoms with Gasteiger partial charge in [-0.05, 0) is 13.0 Å². The maximum atomic E-state index is 14.0. The highest BCUT2D eigenvalue weighted by molar-refractivity contribution is 6.14. The summed E-state index contributed by atoms with van der Waals surface area (Å²) in [6.45, 7) is 2.23. The van der Waals surface area contributed by atoms with E-state index >= 15 is 0 Å². The molecule has 3 aromatic rings. The van der Waals surface area contributed by atoms with Crippen molar-refractivity contribution in [2.24, 2.45) is 5.92 Å². The van der Waals surface area contributed by atoms with Crippen molar-refractivity contribution in [3.63, 3.8) is 0 Å². The van der Waals surface area contributed by atoms with Crippen molar-refractivity contribution in [2.75, 3.05) is 10.6 Å². The molecule has 2 aliphatic heterocycles. The average molecular weight is 499 g/mol. The molecule has 2 atom stereocenters. The highest BCUT2D eigenvalue weighted by atomic mass is 19.4. The van der Waals surface area contributed by atoms with Gasteiger partial charge in [0, 0.05) is 13.0 Å². The van der Waals surface area contributed by atoms with Crippen LogP contribution in [0.3, 0.4) is 0 Å². The lowest BCUT2D eigenvalue weighted by Crippen LogP contribution is -2.47. The van der Waals surface area contributed by atoms with Crippen LogP contribution in [0.25, 0.3) is 22.6 Å². The van der Waals surface area contributed by atoms with E-state index in [1.54, 1.807) is 13.8 Å². The van der Waals surface area contributed by atoms with Gasteiger partial charge in [0.1, 0.15) is 23.1 Å². The first-order chi connectivity index (χ1) is 16.2. The molecule has 9 nitrogen and oxygen atoms in total. The number of halogens is 6. The van der Waals surface area contributed by atoms with Crippen LogP contribution in [0.1, 0.15) is 25.8 Å². The molecule has 35 heavy (non-hydrogen) atoms. The number of rotatable bonds is 4. The number of pyridine rings is 1. The molecule has 2 aliphatic rings. The molecule has 0 fully saturated rings. The number of hydrogen-bond acceptors (Lipinski definition) is 6. The Morgan fingerprint density at radius 3 is 2.43 bits per heavy atom. The zero-order chi connectivity index (χ0) is 25.5. The molecule has 0 radical (unpaired) electrons. The summed E-state index contributed by atoms with van der Waals surface area (Å²) in [5, 5.41) is 9.12. The molecule has 3 aromatic heterocycles. The number of aryl methyl sites for hydroxylation is 1. The predicted octanol–water partition coefficient (Wildman–Crippen LogP) is 3.41. The molecular weight excluding hydrogens is 484 g/mol. The van der Waals surface area contributed by atoms with Gasteiger partial charge in [0.15, 0.2) is 11.5 Å². The van der Waals surface area contributed by atoms with Gasteiger partial charge in [0.25, 0.3) is 0 Å². The summed E-state index contributed by atoms with van der Waals surface area (Å²) in [7, 11) is 0. The maximum absolute atomic E-state index is 14.0. The van der Waals surface area contributed by atoms with Crippen molar-refractivity contribution in [1.82, 2.24) is 24.7 Å². The fourth-order valence-corrected chi connectivity index (χ4v) is 4.23. The van der Waals surface area contributed by atoms with E-state index in [9.17, 15) is 35.9 Å². The molecule has 0 saturated carbocycles. The Morgan fingerprint density at radius 2 is 1.77 bits per heavy atom. The standard InChI is InChI=1S/C20H15F6N7O2/c1-7-16(34)30-12-10-13(31-17(35)18(7,10)2)29-14(28-12)11-9-5-8(21)6-27-15(9)33(32-11)4-3-19(22,23)20(24,25)26/h5-7H,3-4H2,1-2H3,(H2,28,29,30,31,34,35)/t7-,18-/m1/s1. The molecule has 5 rings (SSSR count). The van der Waals surface area contributed by atoms with E-state index < -0.39 is 54.0 Å². The highest BCUT2D eigenvalue weighted by Gasteiger charge is 2.57. The molecule has 0 aromatic carbocycles. The van der Waals surface area contributed by atoms with E-state index in [-0.39, 0.29) is 34.2 Å². The predicted molar refractivity (Wildman–Crippen MR) is 108 cm³/mol. The second-order valence-electron chi connectivity index (χ2n) is 8.54. The first-order valence-corrected chi connectivity index (χ1v) is 10.3. The van der Waals surface area contributed by atoms with E-state index in [0.29, 0.717) is 5.56 Å². The minimum atomic E-state index is -5.76. The second-order valence-corrected chi connectivity index (χ2v) is 8.54. The molecule has 2 N–H and O–H groups in total. The van der Waals surface area contributed by atoms with Crippen LogP contribution in [0, 0.1) is 11.7 Å². The summed E-state index contributed by atoms with van der Waals surface area (Å²) in [5.74, 6) is -7.68. The number of amides is 2. The number of carbonyl (C=O) groups is 2. The van der Waals surface area contributed by atoms with Crippen molar-refractivity contribution in [3.8, 4) is 11.5 Å². The van der Waals surface area contributed by atoms with Crippen LogP contribution in [0.15, 0.2) is 12.3 Å². The molecule has 2 amide bonds. The number of aromatic nitrogens is 5. The Labute approximate surface area is 191 Å². The lowest BCUT2D eigenvalue weighted by Gasteiger charge is -2.33. The van der Waals surface area contributed by atoms with Gasteiger partial charge in [-0.25, -0.2) is 24.0 Å². The van der Waals surface area contributed by atoms with Crippen LogP contribution in [0.4, 0.5) is 38.0 Å². The number of anilines is 2.